The van der Waals surface area contributed by atoms with Crippen LogP contribution in [0.2, 0.25) is 0 Å². The third-order valence-corrected chi connectivity index (χ3v) is 5.51. The quantitative estimate of drug-likeness (QED) is 0.375. The fourth-order valence-electron chi connectivity index (χ4n) is 3.79. The molecule has 0 saturated heterocycles. The van der Waals surface area contributed by atoms with E-state index in [4.69, 9.17) is 9.47 Å². The van der Waals surface area contributed by atoms with Crippen molar-refractivity contribution in [3.05, 3.63) is 65.6 Å². The Bertz CT molecular complexity index is 941. The highest BCUT2D eigenvalue weighted by atomic mass is 16.5. The molecule has 32 heavy (non-hydrogen) atoms. The molecule has 0 spiro atoms. The second kappa shape index (κ2) is 11.4. The molecule has 0 saturated carbocycles. The lowest BCUT2D eigenvalue weighted by atomic mass is 10.0. The van der Waals surface area contributed by atoms with Gasteiger partial charge in [0.25, 0.3) is 11.8 Å². The first-order valence-corrected chi connectivity index (χ1v) is 11.1. The van der Waals surface area contributed by atoms with Gasteiger partial charge in [0.1, 0.15) is 11.4 Å². The molecule has 1 aromatic heterocycles. The average Bonchev–Trinajstić information content (AvgIpc) is 3.07. The van der Waals surface area contributed by atoms with Gasteiger partial charge in [-0.2, -0.15) is 0 Å². The third kappa shape index (κ3) is 5.34. The van der Waals surface area contributed by atoms with Crippen LogP contribution in [0.5, 0.6) is 5.75 Å². The van der Waals surface area contributed by atoms with Crippen LogP contribution in [0, 0.1) is 0 Å². The molecule has 0 N–H and O–H groups in total. The van der Waals surface area contributed by atoms with E-state index in [1.54, 1.807) is 19.5 Å². The maximum absolute atomic E-state index is 13.4. The Morgan fingerprint density at radius 3 is 2.34 bits per heavy atom. The number of benzene rings is 1. The predicted molar refractivity (Wildman–Crippen MR) is 123 cm³/mol. The highest BCUT2D eigenvalue weighted by Gasteiger charge is 2.40. The Morgan fingerprint density at radius 2 is 1.72 bits per heavy atom. The fourth-order valence-corrected chi connectivity index (χ4v) is 3.79. The van der Waals surface area contributed by atoms with E-state index in [-0.39, 0.29) is 11.8 Å². The number of carbonyl (C=O) groups is 2. The van der Waals surface area contributed by atoms with E-state index >= 15 is 0 Å². The van der Waals surface area contributed by atoms with Gasteiger partial charge in [0.05, 0.1) is 12.7 Å². The van der Waals surface area contributed by atoms with E-state index in [0.717, 1.165) is 12.0 Å². The standard InChI is InChI=1S/C25H31N3O4/c1-4-27(17-13-19-11-14-26-15-12-19)23-22(20-7-9-21(31-3)10-8-20)24(29)28(25(23)30)16-6-18-32-5-2/h7-12,14-15H,4-6,13,16-18H2,1-3H3. The van der Waals surface area contributed by atoms with E-state index < -0.39 is 0 Å². The van der Waals surface area contributed by atoms with E-state index in [0.29, 0.717) is 61.9 Å². The number of pyridine rings is 1. The van der Waals surface area contributed by atoms with Crippen LogP contribution in [-0.4, -0.2) is 66.6 Å². The van der Waals surface area contributed by atoms with Gasteiger partial charge < -0.3 is 14.4 Å². The zero-order valence-corrected chi connectivity index (χ0v) is 19.0. The summed E-state index contributed by atoms with van der Waals surface area (Å²) in [5.41, 5.74) is 2.77. The van der Waals surface area contributed by atoms with Gasteiger partial charge in [0.15, 0.2) is 0 Å². The Hall–Kier alpha value is -3.19. The number of ether oxygens (including phenoxy) is 2. The number of rotatable bonds is 12. The minimum atomic E-state index is -0.256. The zero-order valence-electron chi connectivity index (χ0n) is 19.0. The summed E-state index contributed by atoms with van der Waals surface area (Å²) in [6.45, 7) is 6.63. The molecule has 1 aliphatic rings. The normalized spacial score (nSPS) is 13.8. The molecule has 0 radical (unpaired) electrons. The van der Waals surface area contributed by atoms with Crippen LogP contribution in [0.3, 0.4) is 0 Å². The molecule has 7 nitrogen and oxygen atoms in total. The van der Waals surface area contributed by atoms with Crippen molar-refractivity contribution < 1.29 is 19.1 Å². The molecular weight excluding hydrogens is 406 g/mol. The van der Waals surface area contributed by atoms with Crippen LogP contribution in [0.4, 0.5) is 0 Å². The lowest BCUT2D eigenvalue weighted by Gasteiger charge is -2.25. The highest BCUT2D eigenvalue weighted by Crippen LogP contribution is 2.32. The number of methoxy groups -OCH3 is 1. The molecule has 0 fully saturated rings. The Morgan fingerprint density at radius 1 is 1.00 bits per heavy atom. The van der Waals surface area contributed by atoms with Gasteiger partial charge in [-0.3, -0.25) is 19.5 Å². The summed E-state index contributed by atoms with van der Waals surface area (Å²) in [5.74, 6) is 0.203. The first-order valence-electron chi connectivity index (χ1n) is 11.1. The van der Waals surface area contributed by atoms with Crippen molar-refractivity contribution in [3.63, 3.8) is 0 Å². The number of likely N-dealkylation sites (N-methyl/N-ethyl adjacent to an activating group) is 1. The van der Waals surface area contributed by atoms with Crippen LogP contribution >= 0.6 is 0 Å². The Labute approximate surface area is 189 Å². The summed E-state index contributed by atoms with van der Waals surface area (Å²) in [6.07, 6.45) is 4.88. The van der Waals surface area contributed by atoms with Crippen molar-refractivity contribution in [1.29, 1.82) is 0 Å². The molecule has 2 aromatic rings. The summed E-state index contributed by atoms with van der Waals surface area (Å²) in [7, 11) is 1.60. The molecule has 1 aliphatic heterocycles. The van der Waals surface area contributed by atoms with Crippen molar-refractivity contribution in [2.45, 2.75) is 26.7 Å². The maximum Gasteiger partial charge on any atom is 0.277 e. The third-order valence-electron chi connectivity index (χ3n) is 5.51. The first kappa shape index (κ1) is 23.5. The monoisotopic (exact) mass is 437 g/mol. The lowest BCUT2D eigenvalue weighted by Crippen LogP contribution is -2.36. The second-order valence-electron chi connectivity index (χ2n) is 7.45. The number of aromatic nitrogens is 1. The average molecular weight is 438 g/mol. The van der Waals surface area contributed by atoms with Crippen molar-refractivity contribution >= 4 is 17.4 Å². The molecule has 7 heteroatoms. The highest BCUT2D eigenvalue weighted by molar-refractivity contribution is 6.35. The number of hydrogen-bond acceptors (Lipinski definition) is 6. The second-order valence-corrected chi connectivity index (χ2v) is 7.45. The van der Waals surface area contributed by atoms with Gasteiger partial charge in [-0.25, -0.2) is 0 Å². The molecule has 3 rings (SSSR count). The Kier molecular flexibility index (Phi) is 8.39. The van der Waals surface area contributed by atoms with Gasteiger partial charge in [-0.15, -0.1) is 0 Å². The lowest BCUT2D eigenvalue weighted by molar-refractivity contribution is -0.137. The minimum Gasteiger partial charge on any atom is -0.497 e. The number of imide groups is 1. The van der Waals surface area contributed by atoms with Crippen LogP contribution in [-0.2, 0) is 20.7 Å². The van der Waals surface area contributed by atoms with Crippen molar-refractivity contribution in [2.75, 3.05) is 40.0 Å². The number of hydrogen-bond donors (Lipinski definition) is 0. The summed E-state index contributed by atoms with van der Waals surface area (Å²) >= 11 is 0. The van der Waals surface area contributed by atoms with Gasteiger partial charge in [0, 0.05) is 45.2 Å². The molecule has 0 unspecified atom stereocenters. The zero-order chi connectivity index (χ0) is 22.9. The van der Waals surface area contributed by atoms with Crippen molar-refractivity contribution in [1.82, 2.24) is 14.8 Å². The number of carbonyl (C=O) groups excluding carboxylic acids is 2. The largest absolute Gasteiger partial charge is 0.497 e. The van der Waals surface area contributed by atoms with Gasteiger partial charge in [-0.1, -0.05) is 12.1 Å². The summed E-state index contributed by atoms with van der Waals surface area (Å²) in [5, 5.41) is 0. The van der Waals surface area contributed by atoms with E-state index in [2.05, 4.69) is 4.98 Å². The van der Waals surface area contributed by atoms with E-state index in [1.165, 1.54) is 4.90 Å². The fraction of sp³-hybridized carbons (Fsp3) is 0.400. The Balaban J connectivity index is 1.91. The maximum atomic E-state index is 13.4. The molecule has 0 bridgehead atoms. The minimum absolute atomic E-state index is 0.242. The topological polar surface area (TPSA) is 72.0 Å². The predicted octanol–water partition coefficient (Wildman–Crippen LogP) is 3.16. The molecule has 1 aromatic carbocycles. The summed E-state index contributed by atoms with van der Waals surface area (Å²) < 4.78 is 10.6. The van der Waals surface area contributed by atoms with E-state index in [9.17, 15) is 9.59 Å². The van der Waals surface area contributed by atoms with Crippen LogP contribution in [0.15, 0.2) is 54.5 Å². The van der Waals surface area contributed by atoms with Gasteiger partial charge in [0.2, 0.25) is 0 Å². The summed E-state index contributed by atoms with van der Waals surface area (Å²) in [6, 6.07) is 11.2. The summed E-state index contributed by atoms with van der Waals surface area (Å²) in [4.78, 5) is 34.2. The molecular formula is C25H31N3O4. The van der Waals surface area contributed by atoms with Crippen LogP contribution < -0.4 is 4.74 Å². The number of amides is 2. The molecule has 2 amide bonds. The number of nitrogens with zero attached hydrogens (tertiary/aromatic N) is 3. The molecule has 2 heterocycles. The van der Waals surface area contributed by atoms with Crippen molar-refractivity contribution in [3.8, 4) is 5.75 Å². The van der Waals surface area contributed by atoms with Gasteiger partial charge in [-0.05, 0) is 62.1 Å². The van der Waals surface area contributed by atoms with E-state index in [1.807, 2.05) is 55.1 Å². The molecule has 170 valence electrons. The molecule has 0 atom stereocenters. The van der Waals surface area contributed by atoms with Crippen LogP contribution in [0.1, 0.15) is 31.4 Å². The molecule has 0 aliphatic carbocycles. The van der Waals surface area contributed by atoms with Gasteiger partial charge >= 0.3 is 0 Å². The van der Waals surface area contributed by atoms with Crippen molar-refractivity contribution in [2.24, 2.45) is 0 Å². The van der Waals surface area contributed by atoms with Crippen LogP contribution in [0.25, 0.3) is 5.57 Å². The SMILES string of the molecule is CCOCCCN1C(=O)C(c2ccc(OC)cc2)=C(N(CC)CCc2ccncc2)C1=O. The first-order chi connectivity index (χ1) is 15.6. The smallest absolute Gasteiger partial charge is 0.277 e.